The Bertz CT molecular complexity index is 728. The molecule has 2 aromatic heterocycles. The normalized spacial score (nSPS) is 22.0. The second-order valence-electron chi connectivity index (χ2n) is 7.35. The minimum absolute atomic E-state index is 0.186. The van der Waals surface area contributed by atoms with Crippen molar-refractivity contribution in [2.75, 3.05) is 36.0 Å². The summed E-state index contributed by atoms with van der Waals surface area (Å²) in [4.78, 5) is 18.3. The van der Waals surface area contributed by atoms with Crippen LogP contribution in [0.3, 0.4) is 0 Å². The second-order valence-corrected chi connectivity index (χ2v) is 8.24. The molecule has 26 heavy (non-hydrogen) atoms. The van der Waals surface area contributed by atoms with Crippen LogP contribution in [0.4, 0.5) is 11.6 Å². The first-order chi connectivity index (χ1) is 12.7. The van der Waals surface area contributed by atoms with Gasteiger partial charge in [0.1, 0.15) is 18.0 Å². The number of anilines is 2. The first-order valence-electron chi connectivity index (χ1n) is 9.61. The molecule has 0 amide bonds. The van der Waals surface area contributed by atoms with Crippen molar-refractivity contribution in [3.8, 4) is 0 Å². The molecule has 7 heteroatoms. The lowest BCUT2D eigenvalue weighted by Gasteiger charge is -2.36. The second kappa shape index (κ2) is 7.88. The van der Waals surface area contributed by atoms with Gasteiger partial charge in [0, 0.05) is 42.7 Å². The number of hydrogen-bond acceptors (Lipinski definition) is 7. The van der Waals surface area contributed by atoms with Gasteiger partial charge >= 0.3 is 0 Å². The molecule has 6 nitrogen and oxygen atoms in total. The number of aliphatic hydroxyl groups excluding tert-OH is 1. The van der Waals surface area contributed by atoms with E-state index in [0.29, 0.717) is 5.92 Å². The predicted octanol–water partition coefficient (Wildman–Crippen LogP) is 2.98. The van der Waals surface area contributed by atoms with Crippen LogP contribution < -0.4 is 9.80 Å². The molecule has 0 bridgehead atoms. The van der Waals surface area contributed by atoms with Crippen molar-refractivity contribution in [1.29, 1.82) is 0 Å². The minimum Gasteiger partial charge on any atom is -0.394 e. The number of piperidine rings is 2. The van der Waals surface area contributed by atoms with E-state index in [1.807, 2.05) is 0 Å². The van der Waals surface area contributed by atoms with E-state index in [0.717, 1.165) is 62.6 Å². The Morgan fingerprint density at radius 3 is 2.65 bits per heavy atom. The molecule has 0 aromatic carbocycles. The van der Waals surface area contributed by atoms with Crippen LogP contribution in [0.15, 0.2) is 17.8 Å². The van der Waals surface area contributed by atoms with Crippen LogP contribution in [-0.2, 0) is 0 Å². The lowest BCUT2D eigenvalue weighted by molar-refractivity contribution is 0.239. The SMILES string of the molecule is Cc1csc(C2CCN(c3cc(N4CCCCC4CO)ncn3)CC2)n1. The van der Waals surface area contributed by atoms with Gasteiger partial charge in [0.05, 0.1) is 17.7 Å². The van der Waals surface area contributed by atoms with Gasteiger partial charge in [-0.15, -0.1) is 11.3 Å². The van der Waals surface area contributed by atoms with Gasteiger partial charge in [0.15, 0.2) is 0 Å². The van der Waals surface area contributed by atoms with Crippen molar-refractivity contribution >= 4 is 23.0 Å². The Balaban J connectivity index is 1.44. The molecule has 2 aliphatic heterocycles. The molecule has 1 N–H and O–H groups in total. The molecule has 0 saturated carbocycles. The van der Waals surface area contributed by atoms with E-state index in [1.165, 1.54) is 11.4 Å². The van der Waals surface area contributed by atoms with E-state index < -0.39 is 0 Å². The third-order valence-corrected chi connectivity index (χ3v) is 6.70. The summed E-state index contributed by atoms with van der Waals surface area (Å²) in [7, 11) is 0. The molecule has 0 spiro atoms. The fraction of sp³-hybridized carbons (Fsp3) is 0.632. The van der Waals surface area contributed by atoms with Crippen LogP contribution in [0.2, 0.25) is 0 Å². The summed E-state index contributed by atoms with van der Waals surface area (Å²) in [6.07, 6.45) is 7.29. The van der Waals surface area contributed by atoms with Gasteiger partial charge in [-0.25, -0.2) is 15.0 Å². The number of aliphatic hydroxyl groups is 1. The van der Waals surface area contributed by atoms with Crippen LogP contribution in [0.1, 0.15) is 48.7 Å². The van der Waals surface area contributed by atoms with E-state index in [4.69, 9.17) is 0 Å². The minimum atomic E-state index is 0.186. The zero-order chi connectivity index (χ0) is 17.9. The number of hydrogen-bond donors (Lipinski definition) is 1. The van der Waals surface area contributed by atoms with Crippen LogP contribution in [0.5, 0.6) is 0 Å². The molecule has 1 unspecified atom stereocenters. The Morgan fingerprint density at radius 2 is 1.92 bits per heavy atom. The van der Waals surface area contributed by atoms with Crippen LogP contribution in [0.25, 0.3) is 0 Å². The Morgan fingerprint density at radius 1 is 1.12 bits per heavy atom. The van der Waals surface area contributed by atoms with Gasteiger partial charge < -0.3 is 14.9 Å². The molecule has 140 valence electrons. The molecule has 2 aromatic rings. The van der Waals surface area contributed by atoms with E-state index >= 15 is 0 Å². The molecule has 1 atom stereocenters. The lowest BCUT2D eigenvalue weighted by atomic mass is 9.97. The van der Waals surface area contributed by atoms with Gasteiger partial charge in [0.25, 0.3) is 0 Å². The lowest BCUT2D eigenvalue weighted by Crippen LogP contribution is -2.42. The van der Waals surface area contributed by atoms with Gasteiger partial charge in [-0.2, -0.15) is 0 Å². The van der Waals surface area contributed by atoms with E-state index in [2.05, 4.69) is 43.1 Å². The van der Waals surface area contributed by atoms with Crippen LogP contribution in [0, 0.1) is 6.92 Å². The van der Waals surface area contributed by atoms with E-state index in [-0.39, 0.29) is 12.6 Å². The maximum Gasteiger partial charge on any atom is 0.134 e. The first kappa shape index (κ1) is 17.7. The van der Waals surface area contributed by atoms with Gasteiger partial charge in [-0.1, -0.05) is 0 Å². The summed E-state index contributed by atoms with van der Waals surface area (Å²) >= 11 is 1.79. The summed E-state index contributed by atoms with van der Waals surface area (Å²) in [5.74, 6) is 2.53. The molecular formula is C19H27N5OS. The fourth-order valence-corrected chi connectivity index (χ4v) is 5.04. The van der Waals surface area contributed by atoms with Gasteiger partial charge in [-0.3, -0.25) is 0 Å². The van der Waals surface area contributed by atoms with Gasteiger partial charge in [0.2, 0.25) is 0 Å². The van der Waals surface area contributed by atoms with Crippen molar-refractivity contribution in [2.24, 2.45) is 0 Å². The van der Waals surface area contributed by atoms with Crippen molar-refractivity contribution in [3.63, 3.8) is 0 Å². The molecule has 4 rings (SSSR count). The predicted molar refractivity (Wildman–Crippen MR) is 105 cm³/mol. The average Bonchev–Trinajstić information content (AvgIpc) is 3.14. The summed E-state index contributed by atoms with van der Waals surface area (Å²) < 4.78 is 0. The summed E-state index contributed by atoms with van der Waals surface area (Å²) in [5.41, 5.74) is 1.13. The summed E-state index contributed by atoms with van der Waals surface area (Å²) in [6.45, 7) is 5.23. The Labute approximate surface area is 158 Å². The Kier molecular flexibility index (Phi) is 5.36. The number of aryl methyl sites for hydroxylation is 1. The van der Waals surface area contributed by atoms with Crippen molar-refractivity contribution in [1.82, 2.24) is 15.0 Å². The summed E-state index contributed by atoms with van der Waals surface area (Å²) in [6, 6.07) is 2.28. The number of nitrogens with zero attached hydrogens (tertiary/aromatic N) is 5. The van der Waals surface area contributed by atoms with Crippen LogP contribution >= 0.6 is 11.3 Å². The topological polar surface area (TPSA) is 65.4 Å². The zero-order valence-corrected chi connectivity index (χ0v) is 16.2. The van der Waals surface area contributed by atoms with Gasteiger partial charge in [-0.05, 0) is 39.0 Å². The highest BCUT2D eigenvalue weighted by molar-refractivity contribution is 7.09. The van der Waals surface area contributed by atoms with E-state index in [1.54, 1.807) is 17.7 Å². The average molecular weight is 374 g/mol. The fourth-order valence-electron chi connectivity index (χ4n) is 4.07. The Hall–Kier alpha value is -1.73. The molecule has 2 fully saturated rings. The zero-order valence-electron chi connectivity index (χ0n) is 15.3. The molecule has 0 radical (unpaired) electrons. The monoisotopic (exact) mass is 373 g/mol. The number of rotatable bonds is 4. The highest BCUT2D eigenvalue weighted by Gasteiger charge is 2.26. The smallest absolute Gasteiger partial charge is 0.134 e. The largest absolute Gasteiger partial charge is 0.394 e. The standard InChI is InChI=1S/C19H27N5OS/c1-14-12-26-19(22-14)15-5-8-23(9-6-15)17-10-18(21-13-20-17)24-7-3-2-4-16(24)11-25/h10,12-13,15-16,25H,2-9,11H2,1H3. The maximum atomic E-state index is 9.68. The maximum absolute atomic E-state index is 9.68. The van der Waals surface area contributed by atoms with E-state index in [9.17, 15) is 5.11 Å². The molecule has 2 saturated heterocycles. The first-order valence-corrected chi connectivity index (χ1v) is 10.5. The molecule has 4 heterocycles. The third-order valence-electron chi connectivity index (χ3n) is 5.58. The third kappa shape index (κ3) is 3.69. The number of aromatic nitrogens is 3. The number of thiazole rings is 1. The van der Waals surface area contributed by atoms with Crippen LogP contribution in [-0.4, -0.2) is 52.3 Å². The molecule has 2 aliphatic rings. The van der Waals surface area contributed by atoms with Crippen molar-refractivity contribution in [3.05, 3.63) is 28.5 Å². The molecule has 0 aliphatic carbocycles. The highest BCUT2D eigenvalue weighted by Crippen LogP contribution is 2.32. The highest BCUT2D eigenvalue weighted by atomic mass is 32.1. The quantitative estimate of drug-likeness (QED) is 0.889. The van der Waals surface area contributed by atoms with Crippen molar-refractivity contribution < 1.29 is 5.11 Å². The van der Waals surface area contributed by atoms with Crippen molar-refractivity contribution in [2.45, 2.75) is 51.0 Å². The summed E-state index contributed by atoms with van der Waals surface area (Å²) in [5, 5.41) is 13.1. The molecular weight excluding hydrogens is 346 g/mol.